The minimum Gasteiger partial charge on any atom is -0.492 e. The van der Waals surface area contributed by atoms with Gasteiger partial charge in [0.25, 0.3) is 5.91 Å². The predicted molar refractivity (Wildman–Crippen MR) is 74.0 cm³/mol. The number of carbonyl (C=O) groups is 1. The van der Waals surface area contributed by atoms with E-state index in [0.29, 0.717) is 29.4 Å². The Kier molecular flexibility index (Phi) is 7.27. The highest BCUT2D eigenvalue weighted by Crippen LogP contribution is 2.18. The zero-order valence-corrected chi connectivity index (χ0v) is 11.2. The maximum absolute atomic E-state index is 11.5. The molecule has 1 unspecified atom stereocenters. The van der Waals surface area contributed by atoms with E-state index in [0.717, 1.165) is 0 Å². The number of thioether (sulfide) groups is 1. The van der Waals surface area contributed by atoms with Crippen molar-refractivity contribution in [2.24, 2.45) is 5.84 Å². The highest BCUT2D eigenvalue weighted by atomic mass is 32.2. The lowest BCUT2D eigenvalue weighted by molar-refractivity contribution is 0.0950. The number of hydrogen-bond donors (Lipinski definition) is 4. The van der Waals surface area contributed by atoms with Crippen molar-refractivity contribution in [3.05, 3.63) is 29.8 Å². The van der Waals surface area contributed by atoms with Crippen LogP contribution in [0.2, 0.25) is 0 Å². The van der Waals surface area contributed by atoms with Crippen LogP contribution in [0.15, 0.2) is 24.3 Å². The fourth-order valence-electron chi connectivity index (χ4n) is 1.34. The maximum atomic E-state index is 11.5. The van der Waals surface area contributed by atoms with Crippen molar-refractivity contribution in [1.29, 1.82) is 0 Å². The average Bonchev–Trinajstić information content (AvgIpc) is 2.46. The van der Waals surface area contributed by atoms with Gasteiger partial charge in [-0.2, -0.15) is 11.8 Å². The summed E-state index contributed by atoms with van der Waals surface area (Å²) in [5.41, 5.74) is 2.44. The summed E-state index contributed by atoms with van der Waals surface area (Å²) >= 11 is 1.46. The molecule has 0 aliphatic heterocycles. The lowest BCUT2D eigenvalue weighted by Crippen LogP contribution is -2.30. The third-order valence-corrected chi connectivity index (χ3v) is 3.34. The second kappa shape index (κ2) is 8.76. The van der Waals surface area contributed by atoms with Crippen LogP contribution in [0.3, 0.4) is 0 Å². The van der Waals surface area contributed by atoms with Crippen molar-refractivity contribution in [1.82, 2.24) is 5.43 Å². The first kappa shape index (κ1) is 15.8. The Morgan fingerprint density at radius 1 is 1.47 bits per heavy atom. The van der Waals surface area contributed by atoms with E-state index in [1.807, 2.05) is 0 Å². The number of rotatable bonds is 8. The number of nitrogens with one attached hydrogen (secondary N) is 1. The molecule has 0 aliphatic carbocycles. The number of hydrogen-bond acceptors (Lipinski definition) is 6. The van der Waals surface area contributed by atoms with E-state index < -0.39 is 12.0 Å². The van der Waals surface area contributed by atoms with E-state index in [1.54, 1.807) is 24.3 Å². The average molecular weight is 286 g/mol. The summed E-state index contributed by atoms with van der Waals surface area (Å²) in [7, 11) is 0. The summed E-state index contributed by atoms with van der Waals surface area (Å²) in [5.74, 6) is 6.25. The normalized spacial score (nSPS) is 11.9. The highest BCUT2D eigenvalue weighted by Gasteiger charge is 2.10. The lowest BCUT2D eigenvalue weighted by Gasteiger charge is -2.11. The van der Waals surface area contributed by atoms with Gasteiger partial charge in [-0.3, -0.25) is 10.2 Å². The Hall–Kier alpha value is -1.28. The first-order valence-electron chi connectivity index (χ1n) is 5.78. The second-order valence-electron chi connectivity index (χ2n) is 3.73. The van der Waals surface area contributed by atoms with Gasteiger partial charge in [0.15, 0.2) is 0 Å². The van der Waals surface area contributed by atoms with E-state index in [1.165, 1.54) is 11.8 Å². The largest absolute Gasteiger partial charge is 0.492 e. The van der Waals surface area contributed by atoms with Crippen molar-refractivity contribution in [2.45, 2.75) is 6.10 Å². The fourth-order valence-corrected chi connectivity index (χ4v) is 2.09. The van der Waals surface area contributed by atoms with Gasteiger partial charge in [-0.1, -0.05) is 12.1 Å². The molecular weight excluding hydrogens is 268 g/mol. The summed E-state index contributed by atoms with van der Waals surface area (Å²) in [6, 6.07) is 6.81. The molecule has 106 valence electrons. The van der Waals surface area contributed by atoms with Gasteiger partial charge in [0.2, 0.25) is 0 Å². The van der Waals surface area contributed by atoms with E-state index in [2.05, 4.69) is 5.43 Å². The summed E-state index contributed by atoms with van der Waals surface area (Å²) in [6.45, 7) is 0.158. The zero-order chi connectivity index (χ0) is 14.1. The Morgan fingerprint density at radius 2 is 2.21 bits per heavy atom. The summed E-state index contributed by atoms with van der Waals surface area (Å²) in [6.07, 6.45) is -0.708. The molecule has 1 amide bonds. The van der Waals surface area contributed by atoms with Crippen LogP contribution in [0.4, 0.5) is 0 Å². The van der Waals surface area contributed by atoms with Gasteiger partial charge >= 0.3 is 0 Å². The molecule has 0 saturated carbocycles. The molecule has 0 aliphatic rings. The third-order valence-electron chi connectivity index (χ3n) is 2.27. The quantitative estimate of drug-likeness (QED) is 0.227. The van der Waals surface area contributed by atoms with Crippen molar-refractivity contribution < 1.29 is 19.7 Å². The monoisotopic (exact) mass is 286 g/mol. The molecule has 19 heavy (non-hydrogen) atoms. The Bertz CT molecular complexity index is 403. The molecule has 0 spiro atoms. The minimum absolute atomic E-state index is 0.243. The van der Waals surface area contributed by atoms with Crippen LogP contribution in [0.5, 0.6) is 5.75 Å². The Balaban J connectivity index is 2.39. The van der Waals surface area contributed by atoms with Gasteiger partial charge in [-0.25, -0.2) is 5.84 Å². The summed E-state index contributed by atoms with van der Waals surface area (Å²) < 4.78 is 5.49. The zero-order valence-electron chi connectivity index (χ0n) is 10.4. The second-order valence-corrected chi connectivity index (χ2v) is 4.88. The van der Waals surface area contributed by atoms with Crippen molar-refractivity contribution in [2.75, 3.05) is 24.7 Å². The van der Waals surface area contributed by atoms with Gasteiger partial charge in [0, 0.05) is 11.5 Å². The molecule has 0 aromatic heterocycles. The van der Waals surface area contributed by atoms with Crippen LogP contribution >= 0.6 is 11.8 Å². The number of benzene rings is 1. The molecule has 1 aromatic carbocycles. The van der Waals surface area contributed by atoms with E-state index >= 15 is 0 Å². The molecule has 0 fully saturated rings. The van der Waals surface area contributed by atoms with Crippen LogP contribution in [0.1, 0.15) is 10.4 Å². The SMILES string of the molecule is NNC(=O)c1ccccc1OCCSCC(O)CO. The van der Waals surface area contributed by atoms with Gasteiger partial charge in [-0.15, -0.1) is 0 Å². The van der Waals surface area contributed by atoms with Crippen LogP contribution in [0.25, 0.3) is 0 Å². The topological polar surface area (TPSA) is 105 Å². The Labute approximate surface area is 115 Å². The number of aliphatic hydroxyl groups excluding tert-OH is 2. The highest BCUT2D eigenvalue weighted by molar-refractivity contribution is 7.99. The number of nitrogens with two attached hydrogens (primary N) is 1. The number of hydrazine groups is 1. The smallest absolute Gasteiger partial charge is 0.268 e. The number of carbonyl (C=O) groups excluding carboxylic acids is 1. The van der Waals surface area contributed by atoms with Crippen LogP contribution in [-0.4, -0.2) is 46.9 Å². The van der Waals surface area contributed by atoms with E-state index in [4.69, 9.17) is 20.8 Å². The van der Waals surface area contributed by atoms with Crippen LogP contribution < -0.4 is 16.0 Å². The molecule has 7 heteroatoms. The van der Waals surface area contributed by atoms with Gasteiger partial charge in [0.1, 0.15) is 5.75 Å². The molecule has 0 bridgehead atoms. The molecule has 1 aromatic rings. The molecular formula is C12H18N2O4S. The maximum Gasteiger partial charge on any atom is 0.268 e. The molecule has 5 N–H and O–H groups in total. The first-order valence-corrected chi connectivity index (χ1v) is 6.94. The number of amides is 1. The number of nitrogen functional groups attached to an aromatic ring is 1. The first-order chi connectivity index (χ1) is 9.19. The van der Waals surface area contributed by atoms with Gasteiger partial charge in [-0.05, 0) is 12.1 Å². The number of aliphatic hydroxyl groups is 2. The molecule has 0 radical (unpaired) electrons. The van der Waals surface area contributed by atoms with Gasteiger partial charge in [0.05, 0.1) is 24.9 Å². The van der Waals surface area contributed by atoms with E-state index in [9.17, 15) is 4.79 Å². The molecule has 0 heterocycles. The predicted octanol–water partition coefficient (Wildman–Crippen LogP) is -0.245. The number of ether oxygens (including phenoxy) is 1. The van der Waals surface area contributed by atoms with Crippen LogP contribution in [0, 0.1) is 0 Å². The van der Waals surface area contributed by atoms with Crippen molar-refractivity contribution in [3.8, 4) is 5.75 Å². The lowest BCUT2D eigenvalue weighted by atomic mass is 10.2. The third kappa shape index (κ3) is 5.48. The minimum atomic E-state index is -0.708. The molecule has 0 saturated heterocycles. The van der Waals surface area contributed by atoms with Crippen molar-refractivity contribution >= 4 is 17.7 Å². The summed E-state index contributed by atoms with van der Waals surface area (Å²) in [4.78, 5) is 11.5. The molecule has 1 atom stereocenters. The van der Waals surface area contributed by atoms with Crippen molar-refractivity contribution in [3.63, 3.8) is 0 Å². The molecule has 1 rings (SSSR count). The standard InChI is InChI=1S/C12H18N2O4S/c13-14-12(17)10-3-1-2-4-11(10)18-5-6-19-8-9(16)7-15/h1-4,9,15-16H,5-8,13H2,(H,14,17). The Morgan fingerprint density at radius 3 is 2.89 bits per heavy atom. The van der Waals surface area contributed by atoms with Crippen LogP contribution in [-0.2, 0) is 0 Å². The van der Waals surface area contributed by atoms with E-state index in [-0.39, 0.29) is 6.61 Å². The summed E-state index contributed by atoms with van der Waals surface area (Å²) in [5, 5.41) is 17.8. The fraction of sp³-hybridized carbons (Fsp3) is 0.417. The number of para-hydroxylation sites is 1. The molecule has 6 nitrogen and oxygen atoms in total. The van der Waals surface area contributed by atoms with Gasteiger partial charge < -0.3 is 14.9 Å².